The van der Waals surface area contributed by atoms with Crippen molar-refractivity contribution >= 4 is 11.8 Å². The van der Waals surface area contributed by atoms with E-state index in [2.05, 4.69) is 10.6 Å². The molecule has 0 saturated heterocycles. The van der Waals surface area contributed by atoms with Crippen molar-refractivity contribution in [1.29, 1.82) is 0 Å². The number of hydrogen-bond acceptors (Lipinski definition) is 4. The first-order valence-electron chi connectivity index (χ1n) is 7.96. The van der Waals surface area contributed by atoms with Gasteiger partial charge >= 0.3 is 0 Å². The summed E-state index contributed by atoms with van der Waals surface area (Å²) in [7, 11) is 1.41. The van der Waals surface area contributed by atoms with Gasteiger partial charge in [0.2, 0.25) is 11.8 Å². The van der Waals surface area contributed by atoms with Crippen molar-refractivity contribution in [2.24, 2.45) is 0 Å². The van der Waals surface area contributed by atoms with E-state index in [9.17, 15) is 14.0 Å². The van der Waals surface area contributed by atoms with Gasteiger partial charge in [-0.05, 0) is 38.1 Å². The van der Waals surface area contributed by atoms with Crippen molar-refractivity contribution in [2.75, 3.05) is 26.7 Å². The number of likely N-dealkylation sites (N-methyl/N-ethyl adjacent to an activating group) is 1. The maximum absolute atomic E-state index is 13.7. The predicted molar refractivity (Wildman–Crippen MR) is 90.2 cm³/mol. The van der Waals surface area contributed by atoms with Crippen molar-refractivity contribution in [3.05, 3.63) is 29.6 Å². The zero-order valence-corrected chi connectivity index (χ0v) is 14.7. The highest BCUT2D eigenvalue weighted by molar-refractivity contribution is 5.85. The number of amides is 2. The molecular formula is C17H26FN3O3. The number of nitrogens with one attached hydrogen (secondary N) is 2. The first-order valence-corrected chi connectivity index (χ1v) is 7.96. The number of rotatable bonds is 9. The predicted octanol–water partition coefficient (Wildman–Crippen LogP) is 1.30. The van der Waals surface area contributed by atoms with E-state index < -0.39 is 5.82 Å². The molecule has 2 N–H and O–H groups in total. The van der Waals surface area contributed by atoms with Crippen molar-refractivity contribution in [1.82, 2.24) is 15.5 Å². The van der Waals surface area contributed by atoms with Crippen molar-refractivity contribution in [3.63, 3.8) is 0 Å². The fourth-order valence-electron chi connectivity index (χ4n) is 2.16. The number of halogens is 1. The molecular weight excluding hydrogens is 313 g/mol. The van der Waals surface area contributed by atoms with Crippen molar-refractivity contribution < 1.29 is 18.7 Å². The van der Waals surface area contributed by atoms with E-state index in [0.717, 1.165) is 5.56 Å². The fourth-order valence-corrected chi connectivity index (χ4v) is 2.16. The second kappa shape index (κ2) is 9.87. The Kier molecular flexibility index (Phi) is 8.18. The third kappa shape index (κ3) is 6.95. The number of nitrogens with zero attached hydrogens (tertiary/aromatic N) is 1. The average molecular weight is 339 g/mol. The lowest BCUT2D eigenvalue weighted by atomic mass is 10.2. The summed E-state index contributed by atoms with van der Waals surface area (Å²) in [5.41, 5.74) is 0.750. The van der Waals surface area contributed by atoms with Crippen LogP contribution in [0.25, 0.3) is 0 Å². The number of benzene rings is 1. The van der Waals surface area contributed by atoms with Crippen LogP contribution in [0.1, 0.15) is 26.3 Å². The van der Waals surface area contributed by atoms with E-state index >= 15 is 0 Å². The molecule has 24 heavy (non-hydrogen) atoms. The lowest BCUT2D eigenvalue weighted by Gasteiger charge is -2.20. The number of carbonyl (C=O) groups excluding carboxylic acids is 2. The molecule has 0 radical (unpaired) electrons. The van der Waals surface area contributed by atoms with E-state index in [-0.39, 0.29) is 36.7 Å². The Morgan fingerprint density at radius 1 is 1.29 bits per heavy atom. The highest BCUT2D eigenvalue weighted by Crippen LogP contribution is 2.18. The molecule has 0 aliphatic heterocycles. The normalized spacial score (nSPS) is 10.8. The van der Waals surface area contributed by atoms with Crippen molar-refractivity contribution in [3.8, 4) is 5.75 Å². The van der Waals surface area contributed by atoms with E-state index in [0.29, 0.717) is 13.1 Å². The van der Waals surface area contributed by atoms with Gasteiger partial charge in [0.05, 0.1) is 20.2 Å². The maximum Gasteiger partial charge on any atom is 0.239 e. The summed E-state index contributed by atoms with van der Waals surface area (Å²) in [6.45, 7) is 6.77. The van der Waals surface area contributed by atoms with Gasteiger partial charge in [-0.15, -0.1) is 0 Å². The summed E-state index contributed by atoms with van der Waals surface area (Å²) in [6, 6.07) is 4.76. The molecule has 1 aromatic carbocycles. The van der Waals surface area contributed by atoms with Crippen LogP contribution in [-0.4, -0.2) is 49.5 Å². The van der Waals surface area contributed by atoms with Crippen LogP contribution in [0.2, 0.25) is 0 Å². The molecule has 0 aromatic heterocycles. The standard InChI is InChI=1S/C17H26FN3O3/c1-5-21(10-13-6-7-15(24-4)14(18)8-13)11-17(23)19-9-16(22)20-12(2)3/h6-8,12H,5,9-11H2,1-4H3,(H,19,23)(H,20,22). The van der Waals surface area contributed by atoms with Crippen LogP contribution in [0.4, 0.5) is 4.39 Å². The molecule has 1 aromatic rings. The number of hydrogen-bond donors (Lipinski definition) is 2. The minimum absolute atomic E-state index is 0.0338. The Bertz CT molecular complexity index is 564. The van der Waals surface area contributed by atoms with Gasteiger partial charge in [-0.1, -0.05) is 13.0 Å². The van der Waals surface area contributed by atoms with Gasteiger partial charge in [-0.25, -0.2) is 4.39 Å². The number of carbonyl (C=O) groups is 2. The molecule has 1 rings (SSSR count). The Morgan fingerprint density at radius 3 is 2.54 bits per heavy atom. The first-order chi connectivity index (χ1) is 11.3. The Balaban J connectivity index is 2.50. The molecule has 7 heteroatoms. The lowest BCUT2D eigenvalue weighted by Crippen LogP contribution is -2.43. The molecule has 6 nitrogen and oxygen atoms in total. The first kappa shape index (κ1) is 19.9. The van der Waals surface area contributed by atoms with Gasteiger partial charge in [-0.2, -0.15) is 0 Å². The molecule has 0 fully saturated rings. The highest BCUT2D eigenvalue weighted by Gasteiger charge is 2.12. The number of methoxy groups -OCH3 is 1. The van der Waals surface area contributed by atoms with Crippen LogP contribution >= 0.6 is 0 Å². The Labute approximate surface area is 142 Å². The van der Waals surface area contributed by atoms with E-state index in [1.54, 1.807) is 12.1 Å². The third-order valence-electron chi connectivity index (χ3n) is 3.33. The van der Waals surface area contributed by atoms with Crippen LogP contribution in [0, 0.1) is 5.82 Å². The molecule has 134 valence electrons. The monoisotopic (exact) mass is 339 g/mol. The largest absolute Gasteiger partial charge is 0.494 e. The van der Waals surface area contributed by atoms with Gasteiger partial charge in [0.1, 0.15) is 0 Å². The van der Waals surface area contributed by atoms with E-state index in [1.807, 2.05) is 25.7 Å². The van der Waals surface area contributed by atoms with Gasteiger partial charge in [0.25, 0.3) is 0 Å². The molecule has 0 bridgehead atoms. The summed E-state index contributed by atoms with van der Waals surface area (Å²) in [6.07, 6.45) is 0. The summed E-state index contributed by atoms with van der Waals surface area (Å²) in [5, 5.41) is 5.28. The van der Waals surface area contributed by atoms with Crippen LogP contribution in [0.5, 0.6) is 5.75 Å². The van der Waals surface area contributed by atoms with E-state index in [1.165, 1.54) is 13.2 Å². The van der Waals surface area contributed by atoms with Crippen LogP contribution in [-0.2, 0) is 16.1 Å². The Morgan fingerprint density at radius 2 is 2.00 bits per heavy atom. The molecule has 0 atom stereocenters. The van der Waals surface area contributed by atoms with Gasteiger partial charge in [-0.3, -0.25) is 14.5 Å². The molecule has 0 saturated carbocycles. The zero-order chi connectivity index (χ0) is 18.1. The lowest BCUT2D eigenvalue weighted by molar-refractivity contribution is -0.127. The second-order valence-electron chi connectivity index (χ2n) is 5.77. The summed E-state index contributed by atoms with van der Waals surface area (Å²) in [4.78, 5) is 25.3. The van der Waals surface area contributed by atoms with Crippen LogP contribution in [0.3, 0.4) is 0 Å². The molecule has 0 aliphatic rings. The minimum atomic E-state index is -0.430. The fraction of sp³-hybridized carbons (Fsp3) is 0.529. The summed E-state index contributed by atoms with van der Waals surface area (Å²) < 4.78 is 18.6. The van der Waals surface area contributed by atoms with Crippen molar-refractivity contribution in [2.45, 2.75) is 33.4 Å². The molecule has 0 aliphatic carbocycles. The molecule has 0 unspecified atom stereocenters. The number of ether oxygens (including phenoxy) is 1. The summed E-state index contributed by atoms with van der Waals surface area (Å²) >= 11 is 0. The smallest absolute Gasteiger partial charge is 0.239 e. The molecule has 0 spiro atoms. The third-order valence-corrected chi connectivity index (χ3v) is 3.33. The maximum atomic E-state index is 13.7. The van der Waals surface area contributed by atoms with Gasteiger partial charge in [0.15, 0.2) is 11.6 Å². The quantitative estimate of drug-likeness (QED) is 0.711. The van der Waals surface area contributed by atoms with Gasteiger partial charge in [0, 0.05) is 12.6 Å². The molecule has 0 heterocycles. The van der Waals surface area contributed by atoms with Crippen LogP contribution in [0.15, 0.2) is 18.2 Å². The highest BCUT2D eigenvalue weighted by atomic mass is 19.1. The second-order valence-corrected chi connectivity index (χ2v) is 5.77. The minimum Gasteiger partial charge on any atom is -0.494 e. The zero-order valence-electron chi connectivity index (χ0n) is 14.7. The SMILES string of the molecule is CCN(CC(=O)NCC(=O)NC(C)C)Cc1ccc(OC)c(F)c1. The Hall–Kier alpha value is -2.15. The van der Waals surface area contributed by atoms with Crippen LogP contribution < -0.4 is 15.4 Å². The van der Waals surface area contributed by atoms with Gasteiger partial charge < -0.3 is 15.4 Å². The average Bonchev–Trinajstić information content (AvgIpc) is 2.52. The summed E-state index contributed by atoms with van der Waals surface area (Å²) in [5.74, 6) is -0.708. The topological polar surface area (TPSA) is 70.7 Å². The van der Waals surface area contributed by atoms with E-state index in [4.69, 9.17) is 4.74 Å². The molecule has 2 amide bonds.